The second-order valence-corrected chi connectivity index (χ2v) is 4.57. The van der Waals surface area contributed by atoms with Crippen LogP contribution in [0.1, 0.15) is 33.6 Å². The van der Waals surface area contributed by atoms with Crippen LogP contribution in [0, 0.1) is 0 Å². The molecule has 0 aromatic carbocycles. The molecule has 0 saturated carbocycles. The van der Waals surface area contributed by atoms with Crippen LogP contribution >= 0.6 is 0 Å². The van der Waals surface area contributed by atoms with E-state index in [4.69, 9.17) is 4.74 Å². The van der Waals surface area contributed by atoms with Gasteiger partial charge in [0.1, 0.15) is 5.60 Å². The van der Waals surface area contributed by atoms with Crippen molar-refractivity contribution >= 4 is 6.47 Å². The van der Waals surface area contributed by atoms with Gasteiger partial charge in [-0.3, -0.25) is 9.69 Å². The third kappa shape index (κ3) is 9.69. The van der Waals surface area contributed by atoms with Crippen molar-refractivity contribution in [1.82, 2.24) is 4.90 Å². The molecule has 4 heteroatoms. The van der Waals surface area contributed by atoms with Crippen molar-refractivity contribution < 1.29 is 14.3 Å². The SMILES string of the molecule is CC(C)(C)OC=O.COCN1CCCC1. The summed E-state index contributed by atoms with van der Waals surface area (Å²) in [5.74, 6) is 0. The summed E-state index contributed by atoms with van der Waals surface area (Å²) < 4.78 is 9.50. The Morgan fingerprint density at radius 2 is 1.80 bits per heavy atom. The molecule has 0 aromatic heterocycles. The van der Waals surface area contributed by atoms with E-state index in [9.17, 15) is 4.79 Å². The van der Waals surface area contributed by atoms with E-state index >= 15 is 0 Å². The summed E-state index contributed by atoms with van der Waals surface area (Å²) in [6.45, 7) is 9.20. The first-order chi connectivity index (χ1) is 6.99. The summed E-state index contributed by atoms with van der Waals surface area (Å²) >= 11 is 0. The molecule has 0 unspecified atom stereocenters. The van der Waals surface area contributed by atoms with Gasteiger partial charge in [0, 0.05) is 20.2 Å². The summed E-state index contributed by atoms with van der Waals surface area (Å²) in [5, 5.41) is 0. The minimum atomic E-state index is -0.318. The number of rotatable bonds is 3. The molecule has 0 atom stereocenters. The smallest absolute Gasteiger partial charge is 0.293 e. The van der Waals surface area contributed by atoms with Crippen molar-refractivity contribution in [2.24, 2.45) is 0 Å². The quantitative estimate of drug-likeness (QED) is 0.674. The Balaban J connectivity index is 0.000000265. The Morgan fingerprint density at radius 1 is 1.27 bits per heavy atom. The van der Waals surface area contributed by atoms with Crippen molar-refractivity contribution in [3.05, 3.63) is 0 Å². The molecule has 0 spiro atoms. The molecule has 4 nitrogen and oxygen atoms in total. The van der Waals surface area contributed by atoms with E-state index in [0.29, 0.717) is 6.47 Å². The van der Waals surface area contributed by atoms with Gasteiger partial charge < -0.3 is 9.47 Å². The van der Waals surface area contributed by atoms with E-state index in [1.807, 2.05) is 20.8 Å². The highest BCUT2D eigenvalue weighted by Crippen LogP contribution is 2.05. The van der Waals surface area contributed by atoms with Crippen LogP contribution in [-0.4, -0.2) is 43.9 Å². The minimum Gasteiger partial charge on any atom is -0.462 e. The van der Waals surface area contributed by atoms with Gasteiger partial charge in [0.2, 0.25) is 0 Å². The topological polar surface area (TPSA) is 38.8 Å². The van der Waals surface area contributed by atoms with Gasteiger partial charge in [-0.2, -0.15) is 0 Å². The highest BCUT2D eigenvalue weighted by atomic mass is 16.5. The molecule has 0 aromatic rings. The molecule has 1 rings (SSSR count). The summed E-state index contributed by atoms with van der Waals surface area (Å²) in [5.41, 5.74) is -0.318. The van der Waals surface area contributed by atoms with Crippen molar-refractivity contribution in [2.45, 2.75) is 39.2 Å². The van der Waals surface area contributed by atoms with E-state index in [1.54, 1.807) is 7.11 Å². The standard InChI is InChI=1S/C6H13NO.C5H10O2/c1-8-6-7-4-2-3-5-7;1-5(2,3)7-4-6/h2-6H2,1H3;4H,1-3H3. The lowest BCUT2D eigenvalue weighted by atomic mass is 10.2. The molecule has 0 aliphatic carbocycles. The Hall–Kier alpha value is -0.610. The zero-order valence-electron chi connectivity index (χ0n) is 10.3. The van der Waals surface area contributed by atoms with Crippen LogP contribution in [0.3, 0.4) is 0 Å². The molecule has 15 heavy (non-hydrogen) atoms. The van der Waals surface area contributed by atoms with Crippen LogP contribution in [0.4, 0.5) is 0 Å². The third-order valence-corrected chi connectivity index (χ3v) is 1.91. The van der Waals surface area contributed by atoms with Crippen molar-refractivity contribution in [1.29, 1.82) is 0 Å². The van der Waals surface area contributed by atoms with E-state index in [1.165, 1.54) is 25.9 Å². The number of carbonyl (C=O) groups is 1. The van der Waals surface area contributed by atoms with Gasteiger partial charge in [0.15, 0.2) is 0 Å². The van der Waals surface area contributed by atoms with E-state index in [-0.39, 0.29) is 5.60 Å². The van der Waals surface area contributed by atoms with Crippen molar-refractivity contribution in [3.63, 3.8) is 0 Å². The molecule has 0 amide bonds. The van der Waals surface area contributed by atoms with Crippen LogP contribution in [0.5, 0.6) is 0 Å². The minimum absolute atomic E-state index is 0.318. The maximum Gasteiger partial charge on any atom is 0.293 e. The van der Waals surface area contributed by atoms with Crippen LogP contribution in [-0.2, 0) is 14.3 Å². The first-order valence-electron chi connectivity index (χ1n) is 5.32. The highest BCUT2D eigenvalue weighted by molar-refractivity contribution is 5.37. The molecule has 0 bridgehead atoms. The number of hydrogen-bond acceptors (Lipinski definition) is 4. The van der Waals surface area contributed by atoms with E-state index < -0.39 is 0 Å². The Kier molecular flexibility index (Phi) is 7.34. The maximum absolute atomic E-state index is 9.60. The second-order valence-electron chi connectivity index (χ2n) is 4.57. The molecular weight excluding hydrogens is 194 g/mol. The molecule has 0 N–H and O–H groups in total. The zero-order chi connectivity index (χ0) is 11.7. The van der Waals surface area contributed by atoms with Gasteiger partial charge in [-0.05, 0) is 33.6 Å². The molecule has 1 aliphatic heterocycles. The number of ether oxygens (including phenoxy) is 2. The fourth-order valence-corrected chi connectivity index (χ4v) is 1.24. The lowest BCUT2D eigenvalue weighted by Crippen LogP contribution is -2.21. The first-order valence-corrected chi connectivity index (χ1v) is 5.32. The maximum atomic E-state index is 9.60. The van der Waals surface area contributed by atoms with Crippen molar-refractivity contribution in [3.8, 4) is 0 Å². The Bertz CT molecular complexity index is 160. The predicted molar refractivity (Wildman–Crippen MR) is 59.6 cm³/mol. The Labute approximate surface area is 92.5 Å². The molecule has 90 valence electrons. The summed E-state index contributed by atoms with van der Waals surface area (Å²) in [7, 11) is 1.75. The largest absolute Gasteiger partial charge is 0.462 e. The van der Waals surface area contributed by atoms with Gasteiger partial charge in [0.05, 0.1) is 6.73 Å². The monoisotopic (exact) mass is 217 g/mol. The lowest BCUT2D eigenvalue weighted by molar-refractivity contribution is -0.138. The average Bonchev–Trinajstić information content (AvgIpc) is 2.56. The normalized spacial score (nSPS) is 16.8. The second kappa shape index (κ2) is 7.65. The van der Waals surface area contributed by atoms with Crippen LogP contribution in [0.15, 0.2) is 0 Å². The first kappa shape index (κ1) is 14.4. The summed E-state index contributed by atoms with van der Waals surface area (Å²) in [4.78, 5) is 11.9. The third-order valence-electron chi connectivity index (χ3n) is 1.91. The molecule has 1 saturated heterocycles. The molecule has 1 fully saturated rings. The van der Waals surface area contributed by atoms with Crippen LogP contribution in [0.2, 0.25) is 0 Å². The molecule has 1 aliphatic rings. The average molecular weight is 217 g/mol. The zero-order valence-corrected chi connectivity index (χ0v) is 10.3. The van der Waals surface area contributed by atoms with Gasteiger partial charge in [-0.25, -0.2) is 0 Å². The fraction of sp³-hybridized carbons (Fsp3) is 0.909. The number of carbonyl (C=O) groups excluding carboxylic acids is 1. The number of likely N-dealkylation sites (tertiary alicyclic amines) is 1. The molecular formula is C11H23NO3. The fourth-order valence-electron chi connectivity index (χ4n) is 1.24. The van der Waals surface area contributed by atoms with E-state index in [0.717, 1.165) is 6.73 Å². The van der Waals surface area contributed by atoms with Gasteiger partial charge in [-0.15, -0.1) is 0 Å². The summed E-state index contributed by atoms with van der Waals surface area (Å²) in [6, 6.07) is 0. The van der Waals surface area contributed by atoms with Crippen LogP contribution in [0.25, 0.3) is 0 Å². The van der Waals surface area contributed by atoms with Crippen molar-refractivity contribution in [2.75, 3.05) is 26.9 Å². The summed E-state index contributed by atoms with van der Waals surface area (Å²) in [6.07, 6.45) is 2.70. The predicted octanol–water partition coefficient (Wildman–Crippen LogP) is 1.64. The van der Waals surface area contributed by atoms with Gasteiger partial charge >= 0.3 is 0 Å². The molecule has 0 radical (unpaired) electrons. The molecule has 1 heterocycles. The van der Waals surface area contributed by atoms with Crippen LogP contribution < -0.4 is 0 Å². The Morgan fingerprint density at radius 3 is 2.07 bits per heavy atom. The lowest BCUT2D eigenvalue weighted by Gasteiger charge is -2.14. The number of hydrogen-bond donors (Lipinski definition) is 0. The van der Waals surface area contributed by atoms with Gasteiger partial charge in [0.25, 0.3) is 6.47 Å². The highest BCUT2D eigenvalue weighted by Gasteiger charge is 2.09. The van der Waals surface area contributed by atoms with Gasteiger partial charge in [-0.1, -0.05) is 0 Å². The number of nitrogens with zero attached hydrogens (tertiary/aromatic N) is 1. The number of methoxy groups -OCH3 is 1. The van der Waals surface area contributed by atoms with E-state index in [2.05, 4.69) is 9.64 Å².